The number of carbonyl (C=O) groups is 1. The highest BCUT2D eigenvalue weighted by Gasteiger charge is 2.07. The number of rotatable bonds is 5. The average molecular weight is 261 g/mol. The van der Waals surface area contributed by atoms with E-state index in [1.54, 1.807) is 25.1 Å². The number of anilines is 1. The van der Waals surface area contributed by atoms with E-state index in [-0.39, 0.29) is 12.5 Å². The van der Waals surface area contributed by atoms with Gasteiger partial charge < -0.3 is 15.0 Å². The summed E-state index contributed by atoms with van der Waals surface area (Å²) in [5, 5.41) is 6.21. The highest BCUT2D eigenvalue weighted by Crippen LogP contribution is 2.13. The molecule has 2 rings (SSSR count). The van der Waals surface area contributed by atoms with Crippen molar-refractivity contribution in [3.63, 3.8) is 0 Å². The van der Waals surface area contributed by atoms with Crippen LogP contribution < -0.4 is 15.8 Å². The lowest BCUT2D eigenvalue weighted by atomic mass is 10.2. The van der Waals surface area contributed by atoms with E-state index in [1.165, 1.54) is 0 Å². The van der Waals surface area contributed by atoms with E-state index in [0.717, 1.165) is 5.56 Å². The van der Waals surface area contributed by atoms with Crippen LogP contribution >= 0.6 is 0 Å². The molecule has 0 fully saturated rings. The number of amides is 1. The largest absolute Gasteiger partial charge is 0.484 e. The van der Waals surface area contributed by atoms with Crippen molar-refractivity contribution in [3.05, 3.63) is 41.6 Å². The molecule has 2 aromatic rings. The zero-order valence-electron chi connectivity index (χ0n) is 10.6. The van der Waals surface area contributed by atoms with Crippen molar-refractivity contribution in [1.29, 1.82) is 0 Å². The van der Waals surface area contributed by atoms with E-state index in [0.29, 0.717) is 23.9 Å². The summed E-state index contributed by atoms with van der Waals surface area (Å²) in [5.74, 6) is 0.600. The Kier molecular flexibility index (Phi) is 4.15. The topological polar surface area (TPSA) is 90.4 Å². The SMILES string of the molecule is Cc1cc(NC(=O)COc2cccc(CN)c2)on1. The molecular formula is C13H15N3O3. The second-order valence-corrected chi connectivity index (χ2v) is 4.02. The second-order valence-electron chi connectivity index (χ2n) is 4.02. The molecule has 1 heterocycles. The van der Waals surface area contributed by atoms with Gasteiger partial charge in [0.05, 0.1) is 5.69 Å². The standard InChI is InChI=1S/C13H15N3O3/c1-9-5-13(19-16-9)15-12(17)8-18-11-4-2-3-10(6-11)7-14/h2-6H,7-8,14H2,1H3,(H,15,17). The van der Waals surface area contributed by atoms with Gasteiger partial charge in [-0.25, -0.2) is 0 Å². The fourth-order valence-electron chi connectivity index (χ4n) is 1.51. The molecule has 0 aliphatic carbocycles. The van der Waals surface area contributed by atoms with Crippen molar-refractivity contribution >= 4 is 11.8 Å². The van der Waals surface area contributed by atoms with Crippen LogP contribution in [-0.2, 0) is 11.3 Å². The molecule has 6 heteroatoms. The molecule has 0 aliphatic heterocycles. The lowest BCUT2D eigenvalue weighted by molar-refractivity contribution is -0.118. The molecule has 1 amide bonds. The van der Waals surface area contributed by atoms with Gasteiger partial charge in [0.25, 0.3) is 5.91 Å². The summed E-state index contributed by atoms with van der Waals surface area (Å²) in [5.41, 5.74) is 7.17. The molecule has 6 nitrogen and oxygen atoms in total. The molecule has 0 bridgehead atoms. The predicted molar refractivity (Wildman–Crippen MR) is 69.7 cm³/mol. The monoisotopic (exact) mass is 261 g/mol. The molecular weight excluding hydrogens is 246 g/mol. The summed E-state index contributed by atoms with van der Waals surface area (Å²) in [6.45, 7) is 2.10. The van der Waals surface area contributed by atoms with Crippen molar-refractivity contribution in [2.45, 2.75) is 13.5 Å². The van der Waals surface area contributed by atoms with Crippen molar-refractivity contribution in [1.82, 2.24) is 5.16 Å². The smallest absolute Gasteiger partial charge is 0.264 e. The third-order valence-corrected chi connectivity index (χ3v) is 2.39. The first-order valence-corrected chi connectivity index (χ1v) is 5.82. The van der Waals surface area contributed by atoms with Gasteiger partial charge in [0.2, 0.25) is 5.88 Å². The van der Waals surface area contributed by atoms with E-state index in [2.05, 4.69) is 10.5 Å². The molecule has 0 saturated carbocycles. The molecule has 19 heavy (non-hydrogen) atoms. The molecule has 1 aromatic heterocycles. The van der Waals surface area contributed by atoms with Crippen LogP contribution in [0.2, 0.25) is 0 Å². The van der Waals surface area contributed by atoms with Gasteiger partial charge in [-0.05, 0) is 24.6 Å². The van der Waals surface area contributed by atoms with Gasteiger partial charge in [-0.3, -0.25) is 10.1 Å². The van der Waals surface area contributed by atoms with Crippen LogP contribution in [0, 0.1) is 6.92 Å². The van der Waals surface area contributed by atoms with Gasteiger partial charge in [0.1, 0.15) is 5.75 Å². The number of aromatic nitrogens is 1. The number of hydrogen-bond acceptors (Lipinski definition) is 5. The second kappa shape index (κ2) is 6.01. The number of ether oxygens (including phenoxy) is 1. The maximum atomic E-state index is 11.6. The Labute approximate surface area is 110 Å². The Morgan fingerprint density at radius 2 is 2.32 bits per heavy atom. The van der Waals surface area contributed by atoms with E-state index in [1.807, 2.05) is 12.1 Å². The highest BCUT2D eigenvalue weighted by atomic mass is 16.5. The number of nitrogens with one attached hydrogen (secondary N) is 1. The lowest BCUT2D eigenvalue weighted by Gasteiger charge is -2.06. The van der Waals surface area contributed by atoms with Crippen LogP contribution in [0.4, 0.5) is 5.88 Å². The Balaban J connectivity index is 1.86. The first-order chi connectivity index (χ1) is 9.17. The molecule has 0 saturated heterocycles. The summed E-state index contributed by atoms with van der Waals surface area (Å²) >= 11 is 0. The minimum absolute atomic E-state index is 0.103. The van der Waals surface area contributed by atoms with Crippen molar-refractivity contribution < 1.29 is 14.1 Å². The van der Waals surface area contributed by atoms with Gasteiger partial charge in [0.15, 0.2) is 6.61 Å². The molecule has 0 spiro atoms. The van der Waals surface area contributed by atoms with E-state index in [4.69, 9.17) is 15.0 Å². The van der Waals surface area contributed by atoms with Crippen molar-refractivity contribution in [2.75, 3.05) is 11.9 Å². The fraction of sp³-hybridized carbons (Fsp3) is 0.231. The van der Waals surface area contributed by atoms with Gasteiger partial charge in [-0.2, -0.15) is 0 Å². The van der Waals surface area contributed by atoms with E-state index < -0.39 is 0 Å². The summed E-state index contributed by atoms with van der Waals surface area (Å²) in [6.07, 6.45) is 0. The van der Waals surface area contributed by atoms with Gasteiger partial charge in [0, 0.05) is 12.6 Å². The number of nitrogens with two attached hydrogens (primary N) is 1. The minimum Gasteiger partial charge on any atom is -0.484 e. The van der Waals surface area contributed by atoms with Crippen LogP contribution in [0.1, 0.15) is 11.3 Å². The summed E-state index contributed by atoms with van der Waals surface area (Å²) in [4.78, 5) is 11.6. The predicted octanol–water partition coefficient (Wildman–Crippen LogP) is 1.46. The van der Waals surface area contributed by atoms with Crippen molar-refractivity contribution in [3.8, 4) is 5.75 Å². The van der Waals surface area contributed by atoms with Crippen LogP contribution in [0.25, 0.3) is 0 Å². The first-order valence-electron chi connectivity index (χ1n) is 5.82. The Bertz CT molecular complexity index is 566. The summed E-state index contributed by atoms with van der Waals surface area (Å²) in [7, 11) is 0. The number of nitrogens with zero attached hydrogens (tertiary/aromatic N) is 1. The third-order valence-electron chi connectivity index (χ3n) is 2.39. The molecule has 0 atom stereocenters. The third kappa shape index (κ3) is 3.82. The Morgan fingerprint density at radius 1 is 1.47 bits per heavy atom. The Hall–Kier alpha value is -2.34. The minimum atomic E-state index is -0.311. The maximum absolute atomic E-state index is 11.6. The maximum Gasteiger partial charge on any atom is 0.264 e. The number of benzene rings is 1. The highest BCUT2D eigenvalue weighted by molar-refractivity contribution is 5.90. The van der Waals surface area contributed by atoms with Crippen molar-refractivity contribution in [2.24, 2.45) is 5.73 Å². The first kappa shape index (κ1) is 13.1. The zero-order chi connectivity index (χ0) is 13.7. The van der Waals surface area contributed by atoms with Gasteiger partial charge in [-0.15, -0.1) is 0 Å². The van der Waals surface area contributed by atoms with Crippen LogP contribution in [0.15, 0.2) is 34.9 Å². The molecule has 0 unspecified atom stereocenters. The number of aryl methyl sites for hydroxylation is 1. The normalized spacial score (nSPS) is 10.2. The number of carbonyl (C=O) groups excluding carboxylic acids is 1. The van der Waals surface area contributed by atoms with Crippen LogP contribution in [0.5, 0.6) is 5.75 Å². The molecule has 1 aromatic carbocycles. The van der Waals surface area contributed by atoms with Gasteiger partial charge >= 0.3 is 0 Å². The average Bonchev–Trinajstić information content (AvgIpc) is 2.82. The fourth-order valence-corrected chi connectivity index (χ4v) is 1.51. The lowest BCUT2D eigenvalue weighted by Crippen LogP contribution is -2.19. The van der Waals surface area contributed by atoms with Gasteiger partial charge in [-0.1, -0.05) is 17.3 Å². The summed E-state index contributed by atoms with van der Waals surface area (Å²) in [6, 6.07) is 8.92. The molecule has 100 valence electrons. The quantitative estimate of drug-likeness (QED) is 0.850. The van der Waals surface area contributed by atoms with Crippen LogP contribution in [0.3, 0.4) is 0 Å². The Morgan fingerprint density at radius 3 is 3.00 bits per heavy atom. The van der Waals surface area contributed by atoms with E-state index >= 15 is 0 Å². The molecule has 3 N–H and O–H groups in total. The number of hydrogen-bond donors (Lipinski definition) is 2. The summed E-state index contributed by atoms with van der Waals surface area (Å²) < 4.78 is 10.2. The van der Waals surface area contributed by atoms with E-state index in [9.17, 15) is 4.79 Å². The zero-order valence-corrected chi connectivity index (χ0v) is 10.6. The molecule has 0 aliphatic rings. The van der Waals surface area contributed by atoms with Crippen LogP contribution in [-0.4, -0.2) is 17.7 Å². The molecule has 0 radical (unpaired) electrons.